The van der Waals surface area contributed by atoms with E-state index in [1.54, 1.807) is 18.2 Å². The molecule has 5 heteroatoms. The SMILES string of the molecule is CC(C)(C)OC(=O)NCC1CCOc2ccc(O)cc21. The minimum absolute atomic E-state index is 0.123. The summed E-state index contributed by atoms with van der Waals surface area (Å²) in [6.45, 7) is 6.56. The number of aromatic hydroxyl groups is 1. The number of fused-ring (bicyclic) bond motifs is 1. The number of rotatable bonds is 2. The summed E-state index contributed by atoms with van der Waals surface area (Å²) in [6.07, 6.45) is 0.373. The van der Waals surface area contributed by atoms with Crippen molar-refractivity contribution in [2.75, 3.05) is 13.2 Å². The molecule has 1 atom stereocenters. The van der Waals surface area contributed by atoms with Crippen LogP contribution in [0.25, 0.3) is 0 Å². The zero-order chi connectivity index (χ0) is 14.8. The lowest BCUT2D eigenvalue weighted by molar-refractivity contribution is 0.0521. The Balaban J connectivity index is 1.98. The van der Waals surface area contributed by atoms with E-state index in [-0.39, 0.29) is 11.7 Å². The van der Waals surface area contributed by atoms with Gasteiger partial charge in [0, 0.05) is 18.0 Å². The lowest BCUT2D eigenvalue weighted by atomic mass is 9.93. The number of phenolic OH excluding ortho intramolecular Hbond substituents is 1. The highest BCUT2D eigenvalue weighted by Gasteiger charge is 2.23. The summed E-state index contributed by atoms with van der Waals surface area (Å²) in [6, 6.07) is 5.04. The van der Waals surface area contributed by atoms with Crippen molar-refractivity contribution in [2.45, 2.75) is 38.7 Å². The maximum Gasteiger partial charge on any atom is 0.407 e. The molecule has 1 unspecified atom stereocenters. The average molecular weight is 279 g/mol. The monoisotopic (exact) mass is 279 g/mol. The van der Waals surface area contributed by atoms with Crippen molar-refractivity contribution in [3.05, 3.63) is 23.8 Å². The van der Waals surface area contributed by atoms with Gasteiger partial charge in [0.15, 0.2) is 0 Å². The van der Waals surface area contributed by atoms with Crippen molar-refractivity contribution in [3.8, 4) is 11.5 Å². The summed E-state index contributed by atoms with van der Waals surface area (Å²) >= 11 is 0. The number of nitrogens with one attached hydrogen (secondary N) is 1. The van der Waals surface area contributed by atoms with Crippen molar-refractivity contribution >= 4 is 6.09 Å². The Kier molecular flexibility index (Phi) is 4.06. The van der Waals surface area contributed by atoms with Gasteiger partial charge in [-0.3, -0.25) is 0 Å². The molecule has 1 aromatic carbocycles. The molecule has 0 saturated carbocycles. The van der Waals surface area contributed by atoms with E-state index in [0.29, 0.717) is 13.2 Å². The van der Waals surface area contributed by atoms with Gasteiger partial charge in [-0.2, -0.15) is 0 Å². The average Bonchev–Trinajstić information content (AvgIpc) is 2.34. The van der Waals surface area contributed by atoms with Crippen LogP contribution in [0.15, 0.2) is 18.2 Å². The van der Waals surface area contributed by atoms with E-state index < -0.39 is 11.7 Å². The topological polar surface area (TPSA) is 67.8 Å². The van der Waals surface area contributed by atoms with Crippen LogP contribution in [0.3, 0.4) is 0 Å². The van der Waals surface area contributed by atoms with E-state index in [9.17, 15) is 9.90 Å². The maximum atomic E-state index is 11.7. The van der Waals surface area contributed by atoms with E-state index in [4.69, 9.17) is 9.47 Å². The lowest BCUT2D eigenvalue weighted by Crippen LogP contribution is -2.35. The van der Waals surface area contributed by atoms with Crippen LogP contribution >= 0.6 is 0 Å². The van der Waals surface area contributed by atoms with Gasteiger partial charge in [-0.15, -0.1) is 0 Å². The summed E-state index contributed by atoms with van der Waals surface area (Å²) in [5, 5.41) is 12.3. The molecule has 1 aromatic rings. The van der Waals surface area contributed by atoms with Gasteiger partial charge in [0.2, 0.25) is 0 Å². The Labute approximate surface area is 118 Å². The zero-order valence-corrected chi connectivity index (χ0v) is 12.1. The number of phenols is 1. The van der Waals surface area contributed by atoms with E-state index in [2.05, 4.69) is 5.32 Å². The molecule has 20 heavy (non-hydrogen) atoms. The largest absolute Gasteiger partial charge is 0.508 e. The molecule has 0 aliphatic carbocycles. The number of ether oxygens (including phenoxy) is 2. The van der Waals surface area contributed by atoms with Crippen molar-refractivity contribution < 1.29 is 19.4 Å². The van der Waals surface area contributed by atoms with Crippen LogP contribution in [0.4, 0.5) is 4.79 Å². The Morgan fingerprint density at radius 1 is 1.50 bits per heavy atom. The predicted molar refractivity (Wildman–Crippen MR) is 75.2 cm³/mol. The summed E-state index contributed by atoms with van der Waals surface area (Å²) < 4.78 is 10.8. The van der Waals surface area contributed by atoms with Crippen LogP contribution in [-0.4, -0.2) is 30.0 Å². The van der Waals surface area contributed by atoms with Crippen LogP contribution in [0, 0.1) is 0 Å². The molecule has 1 aliphatic heterocycles. The second-order valence-electron chi connectivity index (χ2n) is 5.94. The highest BCUT2D eigenvalue weighted by atomic mass is 16.6. The number of amides is 1. The highest BCUT2D eigenvalue weighted by molar-refractivity contribution is 5.67. The van der Waals surface area contributed by atoms with Crippen molar-refractivity contribution in [2.24, 2.45) is 0 Å². The standard InChI is InChI=1S/C15H21NO4/c1-15(2,3)20-14(18)16-9-10-6-7-19-13-5-4-11(17)8-12(10)13/h4-5,8,10,17H,6-7,9H2,1-3H3,(H,16,18). The van der Waals surface area contributed by atoms with E-state index >= 15 is 0 Å². The Hall–Kier alpha value is -1.91. The first kappa shape index (κ1) is 14.5. The predicted octanol–water partition coefficient (Wildman–Crippen LogP) is 2.78. The van der Waals surface area contributed by atoms with Gasteiger partial charge >= 0.3 is 6.09 Å². The summed E-state index contributed by atoms with van der Waals surface area (Å²) in [5.74, 6) is 1.10. The quantitative estimate of drug-likeness (QED) is 0.873. The first-order valence-electron chi connectivity index (χ1n) is 6.78. The molecule has 2 N–H and O–H groups in total. The summed E-state index contributed by atoms with van der Waals surface area (Å²) in [4.78, 5) is 11.7. The first-order chi connectivity index (χ1) is 9.35. The van der Waals surface area contributed by atoms with Crippen LogP contribution in [0.1, 0.15) is 38.7 Å². The third-order valence-electron chi connectivity index (χ3n) is 3.05. The number of carbonyl (C=O) groups excluding carboxylic acids is 1. The van der Waals surface area contributed by atoms with Gasteiger partial charge < -0.3 is 19.9 Å². The van der Waals surface area contributed by atoms with Gasteiger partial charge in [0.1, 0.15) is 17.1 Å². The maximum absolute atomic E-state index is 11.7. The van der Waals surface area contributed by atoms with Crippen LogP contribution in [-0.2, 0) is 4.74 Å². The first-order valence-corrected chi connectivity index (χ1v) is 6.78. The molecule has 0 aromatic heterocycles. The molecule has 0 fully saturated rings. The van der Waals surface area contributed by atoms with Gasteiger partial charge in [0.05, 0.1) is 6.61 Å². The fourth-order valence-corrected chi connectivity index (χ4v) is 2.19. The number of alkyl carbamates (subject to hydrolysis) is 1. The lowest BCUT2D eigenvalue weighted by Gasteiger charge is -2.27. The molecule has 110 valence electrons. The molecule has 0 saturated heterocycles. The molecular formula is C15H21NO4. The second-order valence-corrected chi connectivity index (χ2v) is 5.94. The van der Waals surface area contributed by atoms with Crippen molar-refractivity contribution in [1.82, 2.24) is 5.32 Å². The zero-order valence-electron chi connectivity index (χ0n) is 12.1. The van der Waals surface area contributed by atoms with E-state index in [1.807, 2.05) is 20.8 Å². The van der Waals surface area contributed by atoms with Crippen molar-refractivity contribution in [1.29, 1.82) is 0 Å². The Bertz CT molecular complexity index is 493. The Morgan fingerprint density at radius 3 is 2.95 bits per heavy atom. The molecule has 2 rings (SSSR count). The highest BCUT2D eigenvalue weighted by Crippen LogP contribution is 2.35. The Morgan fingerprint density at radius 2 is 2.25 bits per heavy atom. The molecule has 1 amide bonds. The van der Waals surface area contributed by atoms with E-state index in [0.717, 1.165) is 17.7 Å². The van der Waals surface area contributed by atoms with Crippen LogP contribution < -0.4 is 10.1 Å². The minimum Gasteiger partial charge on any atom is -0.508 e. The number of carbonyl (C=O) groups is 1. The normalized spacial score (nSPS) is 17.9. The summed E-state index contributed by atoms with van der Waals surface area (Å²) in [7, 11) is 0. The summed E-state index contributed by atoms with van der Waals surface area (Å²) in [5.41, 5.74) is 0.419. The van der Waals surface area contributed by atoms with Gasteiger partial charge in [-0.05, 0) is 45.4 Å². The third-order valence-corrected chi connectivity index (χ3v) is 3.05. The molecular weight excluding hydrogens is 258 g/mol. The van der Waals surface area contributed by atoms with Crippen molar-refractivity contribution in [3.63, 3.8) is 0 Å². The molecule has 0 spiro atoms. The second kappa shape index (κ2) is 5.61. The third kappa shape index (κ3) is 3.79. The minimum atomic E-state index is -0.504. The van der Waals surface area contributed by atoms with E-state index in [1.165, 1.54) is 0 Å². The fraction of sp³-hybridized carbons (Fsp3) is 0.533. The van der Waals surface area contributed by atoms with Gasteiger partial charge in [-0.25, -0.2) is 4.79 Å². The molecule has 0 bridgehead atoms. The fourth-order valence-electron chi connectivity index (χ4n) is 2.19. The smallest absolute Gasteiger partial charge is 0.407 e. The molecule has 1 heterocycles. The van der Waals surface area contributed by atoms with Gasteiger partial charge in [-0.1, -0.05) is 0 Å². The number of hydrogen-bond acceptors (Lipinski definition) is 4. The molecule has 0 radical (unpaired) electrons. The number of hydrogen-bond donors (Lipinski definition) is 2. The number of benzene rings is 1. The van der Waals surface area contributed by atoms with Crippen LogP contribution in [0.5, 0.6) is 11.5 Å². The molecule has 1 aliphatic rings. The van der Waals surface area contributed by atoms with Crippen LogP contribution in [0.2, 0.25) is 0 Å². The molecule has 5 nitrogen and oxygen atoms in total. The van der Waals surface area contributed by atoms with Gasteiger partial charge in [0.25, 0.3) is 0 Å².